The van der Waals surface area contributed by atoms with Gasteiger partial charge >= 0.3 is 0 Å². The highest BCUT2D eigenvalue weighted by molar-refractivity contribution is 7.10. The molecule has 0 fully saturated rings. The van der Waals surface area contributed by atoms with Crippen molar-refractivity contribution in [3.8, 4) is 0 Å². The highest BCUT2D eigenvalue weighted by atomic mass is 32.1. The second-order valence-corrected chi connectivity index (χ2v) is 4.61. The first kappa shape index (κ1) is 13.2. The summed E-state index contributed by atoms with van der Waals surface area (Å²) in [5.41, 5.74) is -1.02. The standard InChI is InChI=1S/C11H17NO3S/c1-3-15-7-10(13)12-8-11(2,14)9-5-4-6-16-9/h4-6,14H,3,7-8H2,1-2H3,(H,12,13)/t11-/m1/s1. The molecule has 1 atom stereocenters. The van der Waals surface area contributed by atoms with Gasteiger partial charge in [-0.2, -0.15) is 0 Å². The van der Waals surface area contributed by atoms with Crippen molar-refractivity contribution in [1.82, 2.24) is 5.32 Å². The second kappa shape index (κ2) is 5.98. The molecule has 16 heavy (non-hydrogen) atoms. The molecule has 5 heteroatoms. The molecule has 1 heterocycles. The van der Waals surface area contributed by atoms with Crippen molar-refractivity contribution in [2.24, 2.45) is 0 Å². The molecular formula is C11H17NO3S. The molecule has 0 saturated heterocycles. The van der Waals surface area contributed by atoms with E-state index < -0.39 is 5.60 Å². The molecule has 0 radical (unpaired) electrons. The summed E-state index contributed by atoms with van der Waals surface area (Å²) in [6.07, 6.45) is 0. The average Bonchev–Trinajstić information content (AvgIpc) is 2.77. The van der Waals surface area contributed by atoms with E-state index in [0.29, 0.717) is 6.61 Å². The highest BCUT2D eigenvalue weighted by Gasteiger charge is 2.24. The Balaban J connectivity index is 2.39. The molecule has 1 amide bonds. The molecule has 0 bridgehead atoms. The van der Waals surface area contributed by atoms with E-state index in [-0.39, 0.29) is 19.1 Å². The number of aliphatic hydroxyl groups is 1. The number of hydrogen-bond donors (Lipinski definition) is 2. The third-order valence-electron chi connectivity index (χ3n) is 2.12. The van der Waals surface area contributed by atoms with Gasteiger partial charge in [-0.05, 0) is 25.3 Å². The van der Waals surface area contributed by atoms with E-state index in [0.717, 1.165) is 4.88 Å². The topological polar surface area (TPSA) is 58.6 Å². The molecule has 90 valence electrons. The first-order chi connectivity index (χ1) is 7.56. The molecule has 0 aliphatic rings. The van der Waals surface area contributed by atoms with Crippen LogP contribution in [-0.2, 0) is 15.1 Å². The Morgan fingerprint density at radius 3 is 3.00 bits per heavy atom. The lowest BCUT2D eigenvalue weighted by atomic mass is 10.1. The van der Waals surface area contributed by atoms with Gasteiger partial charge in [0.25, 0.3) is 0 Å². The van der Waals surface area contributed by atoms with Crippen LogP contribution >= 0.6 is 11.3 Å². The van der Waals surface area contributed by atoms with Crippen LogP contribution in [0.25, 0.3) is 0 Å². The van der Waals surface area contributed by atoms with Gasteiger partial charge < -0.3 is 15.2 Å². The van der Waals surface area contributed by atoms with Gasteiger partial charge in [-0.25, -0.2) is 0 Å². The van der Waals surface area contributed by atoms with E-state index in [1.165, 1.54) is 11.3 Å². The van der Waals surface area contributed by atoms with Gasteiger partial charge in [0.1, 0.15) is 12.2 Å². The van der Waals surface area contributed by atoms with Crippen LogP contribution in [0.15, 0.2) is 17.5 Å². The van der Waals surface area contributed by atoms with Crippen LogP contribution in [-0.4, -0.2) is 30.8 Å². The Morgan fingerprint density at radius 1 is 1.69 bits per heavy atom. The molecule has 1 rings (SSSR count). The number of amides is 1. The molecular weight excluding hydrogens is 226 g/mol. The van der Waals surface area contributed by atoms with Crippen molar-refractivity contribution in [3.63, 3.8) is 0 Å². The maximum atomic E-state index is 11.3. The SMILES string of the molecule is CCOCC(=O)NC[C@@](C)(O)c1cccs1. The van der Waals surface area contributed by atoms with Gasteiger partial charge in [-0.3, -0.25) is 4.79 Å². The molecule has 1 aromatic heterocycles. The van der Waals surface area contributed by atoms with E-state index in [2.05, 4.69) is 5.32 Å². The molecule has 0 spiro atoms. The Labute approximate surface area is 99.2 Å². The lowest BCUT2D eigenvalue weighted by Gasteiger charge is -2.22. The van der Waals surface area contributed by atoms with Crippen LogP contribution in [0, 0.1) is 0 Å². The minimum Gasteiger partial charge on any atom is -0.383 e. The summed E-state index contributed by atoms with van der Waals surface area (Å²) in [6.45, 7) is 4.25. The van der Waals surface area contributed by atoms with E-state index in [1.807, 2.05) is 24.4 Å². The monoisotopic (exact) mass is 243 g/mol. The molecule has 0 unspecified atom stereocenters. The Hall–Kier alpha value is -0.910. The summed E-state index contributed by atoms with van der Waals surface area (Å²) in [5.74, 6) is -0.210. The number of carbonyl (C=O) groups is 1. The molecule has 0 aliphatic heterocycles. The van der Waals surface area contributed by atoms with Gasteiger partial charge in [-0.1, -0.05) is 6.07 Å². The largest absolute Gasteiger partial charge is 0.383 e. The Morgan fingerprint density at radius 2 is 2.44 bits per heavy atom. The van der Waals surface area contributed by atoms with E-state index in [1.54, 1.807) is 6.92 Å². The van der Waals surface area contributed by atoms with Crippen molar-refractivity contribution >= 4 is 17.2 Å². The lowest BCUT2D eigenvalue weighted by molar-refractivity contribution is -0.126. The van der Waals surface area contributed by atoms with Gasteiger partial charge in [0, 0.05) is 11.5 Å². The van der Waals surface area contributed by atoms with Crippen molar-refractivity contribution in [1.29, 1.82) is 0 Å². The fourth-order valence-electron chi connectivity index (χ4n) is 1.19. The maximum Gasteiger partial charge on any atom is 0.246 e. The first-order valence-electron chi connectivity index (χ1n) is 5.17. The van der Waals surface area contributed by atoms with Crippen molar-refractivity contribution in [2.75, 3.05) is 19.8 Å². The predicted octanol–water partition coefficient (Wildman–Crippen LogP) is 1.11. The summed E-state index contributed by atoms with van der Waals surface area (Å²) in [4.78, 5) is 12.1. The fraction of sp³-hybridized carbons (Fsp3) is 0.545. The van der Waals surface area contributed by atoms with E-state index in [4.69, 9.17) is 4.74 Å². The zero-order chi connectivity index (χ0) is 12.0. The quantitative estimate of drug-likeness (QED) is 0.787. The first-order valence-corrected chi connectivity index (χ1v) is 6.05. The van der Waals surface area contributed by atoms with Crippen LogP contribution in [0.2, 0.25) is 0 Å². The number of thiophene rings is 1. The average molecular weight is 243 g/mol. The summed E-state index contributed by atoms with van der Waals surface area (Å²) in [6, 6.07) is 3.72. The van der Waals surface area contributed by atoms with Crippen molar-refractivity contribution < 1.29 is 14.6 Å². The number of rotatable bonds is 6. The molecule has 0 aromatic carbocycles. The van der Waals surface area contributed by atoms with Gasteiger partial charge in [0.2, 0.25) is 5.91 Å². The normalized spacial score (nSPS) is 14.4. The minimum absolute atomic E-state index is 0.0387. The summed E-state index contributed by atoms with van der Waals surface area (Å²) < 4.78 is 4.96. The van der Waals surface area contributed by atoms with Gasteiger partial charge in [0.15, 0.2) is 0 Å². The van der Waals surface area contributed by atoms with Crippen molar-refractivity contribution in [2.45, 2.75) is 19.4 Å². The summed E-state index contributed by atoms with van der Waals surface area (Å²) in [5, 5.41) is 14.6. The van der Waals surface area contributed by atoms with Crippen LogP contribution in [0.3, 0.4) is 0 Å². The summed E-state index contributed by atoms with van der Waals surface area (Å²) >= 11 is 1.47. The third kappa shape index (κ3) is 3.92. The van der Waals surface area contributed by atoms with E-state index in [9.17, 15) is 9.90 Å². The molecule has 0 saturated carbocycles. The van der Waals surface area contributed by atoms with Gasteiger partial charge in [0.05, 0.1) is 6.54 Å². The van der Waals surface area contributed by atoms with Crippen LogP contribution in [0.4, 0.5) is 0 Å². The van der Waals surface area contributed by atoms with Crippen LogP contribution < -0.4 is 5.32 Å². The second-order valence-electron chi connectivity index (χ2n) is 3.67. The zero-order valence-electron chi connectivity index (χ0n) is 9.53. The lowest BCUT2D eigenvalue weighted by Crippen LogP contribution is -2.39. The third-order valence-corrected chi connectivity index (χ3v) is 3.24. The fourth-order valence-corrected chi connectivity index (χ4v) is 1.98. The molecule has 1 aromatic rings. The molecule has 4 nitrogen and oxygen atoms in total. The summed E-state index contributed by atoms with van der Waals surface area (Å²) in [7, 11) is 0. The minimum atomic E-state index is -1.02. The predicted molar refractivity (Wildman–Crippen MR) is 63.4 cm³/mol. The Bertz CT molecular complexity index is 322. The number of ether oxygens (including phenoxy) is 1. The smallest absolute Gasteiger partial charge is 0.246 e. The molecule has 2 N–H and O–H groups in total. The van der Waals surface area contributed by atoms with Crippen molar-refractivity contribution in [3.05, 3.63) is 22.4 Å². The Kier molecular flexibility index (Phi) is 4.92. The van der Waals surface area contributed by atoms with Gasteiger partial charge in [-0.15, -0.1) is 11.3 Å². The number of hydrogen-bond acceptors (Lipinski definition) is 4. The maximum absolute atomic E-state index is 11.3. The number of carbonyl (C=O) groups excluding carboxylic acids is 1. The van der Waals surface area contributed by atoms with E-state index >= 15 is 0 Å². The van der Waals surface area contributed by atoms with Crippen LogP contribution in [0.5, 0.6) is 0 Å². The highest BCUT2D eigenvalue weighted by Crippen LogP contribution is 2.24. The van der Waals surface area contributed by atoms with Crippen LogP contribution in [0.1, 0.15) is 18.7 Å². The number of nitrogens with one attached hydrogen (secondary N) is 1. The molecule has 0 aliphatic carbocycles. The zero-order valence-corrected chi connectivity index (χ0v) is 10.3.